The third kappa shape index (κ3) is 5.83. The maximum atomic E-state index is 12.8. The van der Waals surface area contributed by atoms with E-state index in [1.54, 1.807) is 24.4 Å². The van der Waals surface area contributed by atoms with Crippen molar-refractivity contribution in [3.05, 3.63) is 108 Å². The molecular weight excluding hydrogens is 512 g/mol. The number of amides is 1. The summed E-state index contributed by atoms with van der Waals surface area (Å²) in [6, 6.07) is 23.6. The largest absolute Gasteiger partial charge is 0.465 e. The molecule has 2 N–H and O–H groups in total. The smallest absolute Gasteiger partial charge is 0.337 e. The Morgan fingerprint density at radius 1 is 1.08 bits per heavy atom. The van der Waals surface area contributed by atoms with Gasteiger partial charge >= 0.3 is 5.97 Å². The van der Waals surface area contributed by atoms with Gasteiger partial charge in [-0.1, -0.05) is 30.3 Å². The van der Waals surface area contributed by atoms with Crippen LogP contribution in [-0.2, 0) is 9.53 Å². The van der Waals surface area contributed by atoms with Crippen molar-refractivity contribution in [2.24, 2.45) is 0 Å². The molecule has 0 radical (unpaired) electrons. The third-order valence-corrected chi connectivity index (χ3v) is 6.92. The van der Waals surface area contributed by atoms with Crippen molar-refractivity contribution in [1.82, 2.24) is 15.2 Å². The second-order valence-electron chi connectivity index (χ2n) is 9.26. The fraction of sp³-hybridized carbons (Fsp3) is 0.200. The first kappa shape index (κ1) is 26.1. The average Bonchev–Trinajstić information content (AvgIpc) is 3.56. The first-order valence-electron chi connectivity index (χ1n) is 12.6. The van der Waals surface area contributed by atoms with Gasteiger partial charge in [-0.05, 0) is 73.2 Å². The standard InChI is InChI=1S/C30H28N4O4S/c1-19-7-5-10-22(17-19)32-26(35)14-16-34-28(27(33-30(34)39)23-11-3-4-15-31-23)25-13-12-24(38-25)20-8-6-9-21(18-20)29(36)37-2/h3-13,15,17-18,27-28H,14,16H2,1-2H3,(H,32,35)(H,33,39)/t27-,28-/m0/s1. The molecule has 0 bridgehead atoms. The monoisotopic (exact) mass is 540 g/mol. The zero-order valence-corrected chi connectivity index (χ0v) is 22.4. The molecule has 5 rings (SSSR count). The minimum atomic E-state index is -0.417. The molecule has 0 aliphatic carbocycles. The zero-order chi connectivity index (χ0) is 27.4. The Morgan fingerprint density at radius 3 is 2.69 bits per heavy atom. The molecule has 3 heterocycles. The predicted molar refractivity (Wildman–Crippen MR) is 152 cm³/mol. The van der Waals surface area contributed by atoms with Crippen LogP contribution in [0.4, 0.5) is 5.69 Å². The minimum Gasteiger partial charge on any atom is -0.465 e. The Kier molecular flexibility index (Phi) is 7.69. The first-order valence-corrected chi connectivity index (χ1v) is 13.0. The zero-order valence-electron chi connectivity index (χ0n) is 21.6. The summed E-state index contributed by atoms with van der Waals surface area (Å²) < 4.78 is 11.2. The van der Waals surface area contributed by atoms with Gasteiger partial charge in [-0.3, -0.25) is 9.78 Å². The molecule has 0 unspecified atom stereocenters. The van der Waals surface area contributed by atoms with Crippen LogP contribution < -0.4 is 10.6 Å². The summed E-state index contributed by atoms with van der Waals surface area (Å²) >= 11 is 5.72. The van der Waals surface area contributed by atoms with Crippen molar-refractivity contribution in [3.8, 4) is 11.3 Å². The number of anilines is 1. The van der Waals surface area contributed by atoms with Gasteiger partial charge in [0, 0.05) is 30.4 Å². The topological polar surface area (TPSA) is 96.7 Å². The Balaban J connectivity index is 1.41. The van der Waals surface area contributed by atoms with Crippen LogP contribution in [0.15, 0.2) is 89.5 Å². The molecule has 1 aliphatic rings. The van der Waals surface area contributed by atoms with Gasteiger partial charge in [0.1, 0.15) is 17.6 Å². The normalized spacial score (nSPS) is 16.6. The summed E-state index contributed by atoms with van der Waals surface area (Å²) in [6.07, 6.45) is 1.97. The molecule has 198 valence electrons. The Hall–Kier alpha value is -4.50. The molecule has 8 nitrogen and oxygen atoms in total. The van der Waals surface area contributed by atoms with E-state index in [1.165, 1.54) is 7.11 Å². The van der Waals surface area contributed by atoms with Gasteiger partial charge in [-0.25, -0.2) is 4.79 Å². The van der Waals surface area contributed by atoms with Crippen LogP contribution in [0.5, 0.6) is 0 Å². The summed E-state index contributed by atoms with van der Waals surface area (Å²) in [5.74, 6) is 0.739. The number of hydrogen-bond donors (Lipinski definition) is 2. The van der Waals surface area contributed by atoms with Crippen molar-refractivity contribution < 1.29 is 18.7 Å². The van der Waals surface area contributed by atoms with Crippen LogP contribution in [0, 0.1) is 6.92 Å². The molecule has 1 saturated heterocycles. The number of benzene rings is 2. The molecule has 4 aromatic rings. The number of ether oxygens (including phenoxy) is 1. The molecular formula is C30H28N4O4S. The van der Waals surface area contributed by atoms with Crippen LogP contribution in [0.2, 0.25) is 0 Å². The molecule has 1 amide bonds. The molecule has 9 heteroatoms. The molecule has 2 atom stereocenters. The second-order valence-corrected chi connectivity index (χ2v) is 9.65. The van der Waals surface area contributed by atoms with Gasteiger partial charge in [-0.15, -0.1) is 0 Å². The lowest BCUT2D eigenvalue weighted by molar-refractivity contribution is -0.116. The summed E-state index contributed by atoms with van der Waals surface area (Å²) in [5.41, 5.74) is 3.82. The van der Waals surface area contributed by atoms with Gasteiger partial charge in [0.15, 0.2) is 5.11 Å². The summed E-state index contributed by atoms with van der Waals surface area (Å²) in [6.45, 7) is 2.36. The summed E-state index contributed by atoms with van der Waals surface area (Å²) in [7, 11) is 1.35. The minimum absolute atomic E-state index is 0.108. The summed E-state index contributed by atoms with van der Waals surface area (Å²) in [4.78, 5) is 31.4. The number of nitrogens with zero attached hydrogens (tertiary/aromatic N) is 2. The average molecular weight is 541 g/mol. The van der Waals surface area contributed by atoms with E-state index in [9.17, 15) is 9.59 Å². The van der Waals surface area contributed by atoms with Crippen molar-refractivity contribution in [2.45, 2.75) is 25.4 Å². The number of nitrogens with one attached hydrogen (secondary N) is 2. The Bertz CT molecular complexity index is 1500. The number of esters is 1. The van der Waals surface area contributed by atoms with Crippen LogP contribution in [-0.4, -0.2) is 40.5 Å². The number of hydrogen-bond acceptors (Lipinski definition) is 6. The van der Waals surface area contributed by atoms with Crippen molar-refractivity contribution >= 4 is 34.9 Å². The van der Waals surface area contributed by atoms with E-state index in [0.717, 1.165) is 22.5 Å². The number of carbonyl (C=O) groups excluding carboxylic acids is 2. The van der Waals surface area contributed by atoms with Gasteiger partial charge in [0.2, 0.25) is 5.91 Å². The number of carbonyl (C=O) groups is 2. The number of aromatic nitrogens is 1. The van der Waals surface area contributed by atoms with Gasteiger partial charge < -0.3 is 24.7 Å². The molecule has 39 heavy (non-hydrogen) atoms. The van der Waals surface area contributed by atoms with Crippen molar-refractivity contribution in [1.29, 1.82) is 0 Å². The lowest BCUT2D eigenvalue weighted by atomic mass is 10.0. The van der Waals surface area contributed by atoms with E-state index in [-0.39, 0.29) is 24.4 Å². The summed E-state index contributed by atoms with van der Waals surface area (Å²) in [5, 5.41) is 6.85. The van der Waals surface area contributed by atoms with E-state index in [1.807, 2.05) is 72.5 Å². The maximum absolute atomic E-state index is 12.8. The molecule has 1 aliphatic heterocycles. The van der Waals surface area contributed by atoms with E-state index >= 15 is 0 Å². The molecule has 0 spiro atoms. The van der Waals surface area contributed by atoms with Crippen LogP contribution >= 0.6 is 12.2 Å². The second kappa shape index (κ2) is 11.5. The highest BCUT2D eigenvalue weighted by Crippen LogP contribution is 2.40. The number of methoxy groups -OCH3 is 1. The van der Waals surface area contributed by atoms with Crippen LogP contribution in [0.25, 0.3) is 11.3 Å². The van der Waals surface area contributed by atoms with E-state index in [0.29, 0.717) is 28.7 Å². The van der Waals surface area contributed by atoms with Crippen LogP contribution in [0.1, 0.15) is 45.9 Å². The van der Waals surface area contributed by atoms with Gasteiger partial charge in [0.25, 0.3) is 0 Å². The van der Waals surface area contributed by atoms with Gasteiger partial charge in [0.05, 0.1) is 24.4 Å². The number of pyridine rings is 1. The predicted octanol–water partition coefficient (Wildman–Crippen LogP) is 5.44. The fourth-order valence-electron chi connectivity index (χ4n) is 4.71. The highest BCUT2D eigenvalue weighted by Gasteiger charge is 2.41. The molecule has 0 saturated carbocycles. The molecule has 1 fully saturated rings. The van der Waals surface area contributed by atoms with Gasteiger partial charge in [-0.2, -0.15) is 0 Å². The quantitative estimate of drug-likeness (QED) is 0.225. The fourth-order valence-corrected chi connectivity index (χ4v) is 5.04. The molecule has 2 aromatic carbocycles. The van der Waals surface area contributed by atoms with Crippen LogP contribution in [0.3, 0.4) is 0 Å². The number of thiocarbonyl (C=S) groups is 1. The highest BCUT2D eigenvalue weighted by molar-refractivity contribution is 7.80. The Labute approximate surface area is 232 Å². The first-order chi connectivity index (χ1) is 18.9. The van der Waals surface area contributed by atoms with Crippen molar-refractivity contribution in [2.75, 3.05) is 19.0 Å². The maximum Gasteiger partial charge on any atom is 0.337 e. The number of aryl methyl sites for hydroxylation is 1. The Morgan fingerprint density at radius 2 is 1.92 bits per heavy atom. The molecule has 2 aromatic heterocycles. The SMILES string of the molecule is COC(=O)c1cccc(-c2ccc([C@H]3[C@H](c4ccccn4)NC(=S)N3CCC(=O)Nc3cccc(C)c3)o2)c1. The number of rotatable bonds is 8. The van der Waals surface area contributed by atoms with E-state index < -0.39 is 5.97 Å². The van der Waals surface area contributed by atoms with E-state index in [2.05, 4.69) is 15.6 Å². The lowest BCUT2D eigenvalue weighted by Gasteiger charge is -2.25. The third-order valence-electron chi connectivity index (χ3n) is 6.57. The highest BCUT2D eigenvalue weighted by atomic mass is 32.1. The van der Waals surface area contributed by atoms with Crippen molar-refractivity contribution in [3.63, 3.8) is 0 Å². The lowest BCUT2D eigenvalue weighted by Crippen LogP contribution is -2.32. The van der Waals surface area contributed by atoms with E-state index in [4.69, 9.17) is 21.4 Å². The number of furan rings is 1.